The Balaban J connectivity index is 2.60. The van der Waals surface area contributed by atoms with Crippen molar-refractivity contribution < 1.29 is 49.3 Å². The Bertz CT molecular complexity index is 1740. The van der Waals surface area contributed by atoms with Crippen molar-refractivity contribution in [3.63, 3.8) is 0 Å². The molecule has 0 aliphatic carbocycles. The van der Waals surface area contributed by atoms with Crippen LogP contribution in [0.25, 0.3) is 0 Å². The fourth-order valence-corrected chi connectivity index (χ4v) is 11.1. The van der Waals surface area contributed by atoms with Crippen molar-refractivity contribution in [3.8, 4) is 0 Å². The minimum Gasteiger partial charge on any atom is -0.454 e. The highest BCUT2D eigenvalue weighted by Crippen LogP contribution is 2.26. The van der Waals surface area contributed by atoms with Gasteiger partial charge in [-0.25, -0.2) is 0 Å². The first kappa shape index (κ1) is 81.9. The highest BCUT2D eigenvalue weighted by atomic mass is 16.7. The van der Waals surface area contributed by atoms with Gasteiger partial charge >= 0.3 is 5.97 Å². The number of rotatable bonds is 62. The zero-order chi connectivity index (χ0) is 63.1. The largest absolute Gasteiger partial charge is 0.454 e. The van der Waals surface area contributed by atoms with Gasteiger partial charge < -0.3 is 45.1 Å². The molecule has 504 valence electrons. The molecule has 1 aliphatic heterocycles. The number of hydrogen-bond acceptors (Lipinski definition) is 10. The summed E-state index contributed by atoms with van der Waals surface area (Å²) >= 11 is 0. The number of hydrogen-bond donors (Lipinski definition) is 6. The second-order valence-corrected chi connectivity index (χ2v) is 24.9. The molecule has 8 atom stereocenters. The predicted molar refractivity (Wildman–Crippen MR) is 366 cm³/mol. The Hall–Kier alpha value is -3.16. The molecular formula is C76H135NO10. The van der Waals surface area contributed by atoms with E-state index < -0.39 is 67.4 Å². The number of ether oxygens (including phenoxy) is 3. The molecule has 0 aromatic rings. The van der Waals surface area contributed by atoms with Gasteiger partial charge in [0, 0.05) is 6.42 Å². The van der Waals surface area contributed by atoms with Crippen LogP contribution in [0.3, 0.4) is 0 Å². The van der Waals surface area contributed by atoms with E-state index in [1.54, 1.807) is 6.08 Å². The van der Waals surface area contributed by atoms with E-state index in [-0.39, 0.29) is 13.0 Å². The van der Waals surface area contributed by atoms with Crippen LogP contribution in [0.2, 0.25) is 0 Å². The lowest BCUT2D eigenvalue weighted by molar-refractivity contribution is -0.305. The molecule has 0 aromatic heterocycles. The standard InChI is InChI=1S/C76H135NO10/c1-4-7-10-13-16-19-22-25-27-29-31-33-35-37-39-41-43-46-49-52-55-58-61-64-71(81)87-74-73(83)72(82)70(65-78)86-76(74)85-66-67(68(79)62-59-56-53-50-47-44-24-21-18-15-12-9-6-3)77-75(84)69(80)63-60-57-54-51-48-45-42-40-38-36-34-32-30-28-26-23-20-17-14-11-8-5-2/h7,10,16,19,25,27,31,33,37,39,43,46,59,62,67-70,72-74,76,78-80,82-83H,4-6,8-9,11-15,17-18,20-24,26,28-30,32,34-36,38,40-42,44-45,47-58,60-61,63-66H2,1-3H3,(H,77,84)/b10-7-,19-16-,27-25-,33-31-,39-37-,46-43-,62-59+. The summed E-state index contributed by atoms with van der Waals surface area (Å²) in [5.74, 6) is -1.21. The maximum Gasteiger partial charge on any atom is 0.306 e. The van der Waals surface area contributed by atoms with Crippen LogP contribution >= 0.6 is 0 Å². The van der Waals surface area contributed by atoms with Crippen molar-refractivity contribution >= 4 is 11.9 Å². The molecule has 0 aromatic carbocycles. The second kappa shape index (κ2) is 63.0. The maximum atomic E-state index is 13.5. The summed E-state index contributed by atoms with van der Waals surface area (Å²) < 4.78 is 17.7. The van der Waals surface area contributed by atoms with E-state index in [9.17, 15) is 35.1 Å². The number of carbonyl (C=O) groups is 2. The van der Waals surface area contributed by atoms with E-state index in [4.69, 9.17) is 14.2 Å². The summed E-state index contributed by atoms with van der Waals surface area (Å²) in [5.41, 5.74) is 0. The maximum absolute atomic E-state index is 13.5. The van der Waals surface area contributed by atoms with Crippen molar-refractivity contribution in [1.82, 2.24) is 5.32 Å². The Morgan fingerprint density at radius 1 is 0.460 bits per heavy atom. The Morgan fingerprint density at radius 2 is 0.828 bits per heavy atom. The molecule has 1 heterocycles. The van der Waals surface area contributed by atoms with Crippen molar-refractivity contribution in [2.75, 3.05) is 13.2 Å². The smallest absolute Gasteiger partial charge is 0.306 e. The summed E-state index contributed by atoms with van der Waals surface area (Å²) in [6, 6.07) is -1.03. The second-order valence-electron chi connectivity index (χ2n) is 24.9. The normalized spacial score (nSPS) is 18.7. The third-order valence-corrected chi connectivity index (χ3v) is 16.8. The van der Waals surface area contributed by atoms with E-state index >= 15 is 0 Å². The van der Waals surface area contributed by atoms with Gasteiger partial charge in [-0.2, -0.15) is 0 Å². The number of nitrogens with one attached hydrogen (secondary N) is 1. The van der Waals surface area contributed by atoms with Gasteiger partial charge in [-0.1, -0.05) is 324 Å². The van der Waals surface area contributed by atoms with Crippen LogP contribution in [0, 0.1) is 0 Å². The van der Waals surface area contributed by atoms with Gasteiger partial charge in [-0.3, -0.25) is 9.59 Å². The number of amides is 1. The Labute approximate surface area is 533 Å². The van der Waals surface area contributed by atoms with Crippen LogP contribution < -0.4 is 5.32 Å². The molecule has 0 radical (unpaired) electrons. The molecule has 87 heavy (non-hydrogen) atoms. The van der Waals surface area contributed by atoms with Gasteiger partial charge in [0.15, 0.2) is 12.4 Å². The quantitative estimate of drug-likeness (QED) is 0.0195. The first-order chi connectivity index (χ1) is 42.7. The zero-order valence-corrected chi connectivity index (χ0v) is 56.1. The molecule has 0 spiro atoms. The minimum absolute atomic E-state index is 0.0914. The molecule has 1 saturated heterocycles. The van der Waals surface area contributed by atoms with Gasteiger partial charge in [0.2, 0.25) is 5.91 Å². The van der Waals surface area contributed by atoms with E-state index in [2.05, 4.69) is 99.0 Å². The number of esters is 1. The van der Waals surface area contributed by atoms with Gasteiger partial charge in [0.1, 0.15) is 24.4 Å². The summed E-state index contributed by atoms with van der Waals surface area (Å²) in [6.07, 6.45) is 73.3. The molecule has 1 amide bonds. The lowest BCUT2D eigenvalue weighted by Crippen LogP contribution is -2.61. The van der Waals surface area contributed by atoms with Crippen LogP contribution in [0.1, 0.15) is 323 Å². The molecule has 1 aliphatic rings. The zero-order valence-electron chi connectivity index (χ0n) is 56.1. The fraction of sp³-hybridized carbons (Fsp3) is 0.789. The average Bonchev–Trinajstić information content (AvgIpc) is 2.32. The van der Waals surface area contributed by atoms with Crippen molar-refractivity contribution in [1.29, 1.82) is 0 Å². The molecule has 11 nitrogen and oxygen atoms in total. The lowest BCUT2D eigenvalue weighted by Gasteiger charge is -2.41. The van der Waals surface area contributed by atoms with Crippen LogP contribution in [0.5, 0.6) is 0 Å². The third kappa shape index (κ3) is 50.2. The molecule has 1 rings (SSSR count). The van der Waals surface area contributed by atoms with Crippen molar-refractivity contribution in [3.05, 3.63) is 85.1 Å². The number of aliphatic hydroxyl groups is 5. The van der Waals surface area contributed by atoms with E-state index in [1.807, 2.05) is 6.08 Å². The van der Waals surface area contributed by atoms with Crippen LogP contribution in [0.15, 0.2) is 85.1 Å². The van der Waals surface area contributed by atoms with Crippen molar-refractivity contribution in [2.24, 2.45) is 0 Å². The summed E-state index contributed by atoms with van der Waals surface area (Å²) in [4.78, 5) is 26.7. The first-order valence-electron chi connectivity index (χ1n) is 36.4. The molecule has 0 saturated carbocycles. The van der Waals surface area contributed by atoms with E-state index in [0.29, 0.717) is 19.3 Å². The highest BCUT2D eigenvalue weighted by Gasteiger charge is 2.47. The van der Waals surface area contributed by atoms with E-state index in [0.717, 1.165) is 103 Å². The molecular weight excluding hydrogens is 1090 g/mol. The first-order valence-corrected chi connectivity index (χ1v) is 36.4. The summed E-state index contributed by atoms with van der Waals surface area (Å²) in [7, 11) is 0. The molecule has 1 fully saturated rings. The topological polar surface area (TPSA) is 175 Å². The molecule has 8 unspecified atom stereocenters. The number of aliphatic hydroxyl groups excluding tert-OH is 5. The molecule has 0 bridgehead atoms. The van der Waals surface area contributed by atoms with Gasteiger partial charge in [-0.15, -0.1) is 0 Å². The monoisotopic (exact) mass is 1220 g/mol. The molecule has 6 N–H and O–H groups in total. The van der Waals surface area contributed by atoms with Crippen LogP contribution in [-0.4, -0.2) is 99.6 Å². The Morgan fingerprint density at radius 3 is 1.24 bits per heavy atom. The Kier molecular flexibility index (Phi) is 59.3. The van der Waals surface area contributed by atoms with Crippen LogP contribution in [-0.2, 0) is 23.8 Å². The van der Waals surface area contributed by atoms with E-state index in [1.165, 1.54) is 173 Å². The van der Waals surface area contributed by atoms with Crippen molar-refractivity contribution in [2.45, 2.75) is 372 Å². The van der Waals surface area contributed by atoms with Gasteiger partial charge in [-0.05, 0) is 77.0 Å². The number of unbranched alkanes of at least 4 members (excludes halogenated alkanes) is 36. The lowest BCUT2D eigenvalue weighted by atomic mass is 9.99. The summed E-state index contributed by atoms with van der Waals surface area (Å²) in [6.45, 7) is 5.71. The van der Waals surface area contributed by atoms with Gasteiger partial charge in [0.05, 0.1) is 25.4 Å². The highest BCUT2D eigenvalue weighted by molar-refractivity contribution is 5.80. The molecule has 11 heteroatoms. The van der Waals surface area contributed by atoms with Gasteiger partial charge in [0.25, 0.3) is 0 Å². The SMILES string of the molecule is CC/C=C\C/C=C\C/C=C\C/C=C\C/C=C\C/C=C\CCCCCCC(=O)OC1C(OCC(NC(=O)C(O)CCCCCCCCCCCCCCCCCCCCCCCC)C(O)/C=C/CCCCCCCCCCCCC)OC(CO)C(O)C1O. The third-order valence-electron chi connectivity index (χ3n) is 16.8. The number of allylic oxidation sites excluding steroid dienone is 13. The number of carbonyl (C=O) groups excluding carboxylic acids is 2. The predicted octanol–water partition coefficient (Wildman–Crippen LogP) is 18.8. The fourth-order valence-electron chi connectivity index (χ4n) is 11.1. The average molecular weight is 1220 g/mol. The summed E-state index contributed by atoms with van der Waals surface area (Å²) in [5, 5.41) is 57.3. The minimum atomic E-state index is -1.63. The van der Waals surface area contributed by atoms with Crippen LogP contribution in [0.4, 0.5) is 0 Å².